The quantitative estimate of drug-likeness (QED) is 0.798. The maximum absolute atomic E-state index is 12.0. The van der Waals surface area contributed by atoms with Crippen LogP contribution < -0.4 is 20.5 Å². The van der Waals surface area contributed by atoms with Gasteiger partial charge in [-0.1, -0.05) is 0 Å². The van der Waals surface area contributed by atoms with Gasteiger partial charge in [0.2, 0.25) is 0 Å². The molecule has 0 atom stereocenters. The van der Waals surface area contributed by atoms with Crippen molar-refractivity contribution < 1.29 is 14.3 Å². The molecule has 0 spiro atoms. The van der Waals surface area contributed by atoms with Crippen LogP contribution in [-0.4, -0.2) is 28.9 Å². The number of nitrogens with zero attached hydrogens (tertiary/aromatic N) is 2. The lowest BCUT2D eigenvalue weighted by Crippen LogP contribution is -2.18. The van der Waals surface area contributed by atoms with Crippen molar-refractivity contribution in [3.8, 4) is 11.5 Å². The van der Waals surface area contributed by atoms with Gasteiger partial charge in [-0.25, -0.2) is 0 Å². The highest BCUT2D eigenvalue weighted by Crippen LogP contribution is 2.37. The number of nitrogens with one attached hydrogen (secondary N) is 1. The Kier molecular flexibility index (Phi) is 2.94. The first-order chi connectivity index (χ1) is 9.63. The van der Waals surface area contributed by atoms with Crippen LogP contribution in [0.5, 0.6) is 11.5 Å². The molecule has 20 heavy (non-hydrogen) atoms. The lowest BCUT2D eigenvalue weighted by atomic mass is 10.2. The number of aryl methyl sites for hydroxylation is 1. The molecule has 0 unspecified atom stereocenters. The molecule has 7 heteroatoms. The fourth-order valence-corrected chi connectivity index (χ4v) is 1.94. The van der Waals surface area contributed by atoms with E-state index in [1.165, 1.54) is 0 Å². The first-order valence-corrected chi connectivity index (χ1v) is 6.13. The predicted molar refractivity (Wildman–Crippen MR) is 73.0 cm³/mol. The van der Waals surface area contributed by atoms with Crippen LogP contribution in [0.1, 0.15) is 10.5 Å². The Bertz CT molecular complexity index is 666. The Morgan fingerprint density at radius 2 is 2.05 bits per heavy atom. The summed E-state index contributed by atoms with van der Waals surface area (Å²) in [6.07, 6.45) is 1.70. The zero-order chi connectivity index (χ0) is 14.1. The largest absolute Gasteiger partial charge is 0.486 e. The maximum Gasteiger partial charge on any atom is 0.276 e. The molecule has 1 aromatic carbocycles. The summed E-state index contributed by atoms with van der Waals surface area (Å²) < 4.78 is 12.4. The third-order valence-electron chi connectivity index (χ3n) is 2.91. The standard InChI is InChI=1S/C13H14N4O3/c1-17-3-2-9(16-17)13(18)15-10-7-12-11(6-8(10)14)19-4-5-20-12/h2-3,6-7H,4-5,14H2,1H3,(H,15,18). The van der Waals surface area contributed by atoms with Crippen molar-refractivity contribution in [3.05, 3.63) is 30.1 Å². The second kappa shape index (κ2) is 4.76. The number of rotatable bonds is 2. The average molecular weight is 274 g/mol. The number of ether oxygens (including phenoxy) is 2. The summed E-state index contributed by atoms with van der Waals surface area (Å²) in [6.45, 7) is 0.969. The van der Waals surface area contributed by atoms with Gasteiger partial charge in [-0.05, 0) is 6.07 Å². The molecule has 3 rings (SSSR count). The lowest BCUT2D eigenvalue weighted by Gasteiger charge is -2.20. The highest BCUT2D eigenvalue weighted by Gasteiger charge is 2.17. The molecular weight excluding hydrogens is 260 g/mol. The lowest BCUT2D eigenvalue weighted by molar-refractivity contribution is 0.102. The summed E-state index contributed by atoms with van der Waals surface area (Å²) in [4.78, 5) is 12.0. The van der Waals surface area contributed by atoms with Crippen molar-refractivity contribution in [2.24, 2.45) is 7.05 Å². The van der Waals surface area contributed by atoms with E-state index in [1.807, 2.05) is 0 Å². The van der Waals surface area contributed by atoms with Gasteiger partial charge in [0.15, 0.2) is 17.2 Å². The Hall–Kier alpha value is -2.70. The zero-order valence-corrected chi connectivity index (χ0v) is 10.9. The molecule has 0 aliphatic carbocycles. The average Bonchev–Trinajstić information content (AvgIpc) is 2.86. The molecule has 1 aliphatic rings. The molecular formula is C13H14N4O3. The van der Waals surface area contributed by atoms with E-state index in [1.54, 1.807) is 36.1 Å². The molecule has 1 aromatic heterocycles. The van der Waals surface area contributed by atoms with E-state index in [9.17, 15) is 4.79 Å². The van der Waals surface area contributed by atoms with E-state index in [4.69, 9.17) is 15.2 Å². The topological polar surface area (TPSA) is 91.4 Å². The second-order valence-electron chi connectivity index (χ2n) is 4.41. The molecule has 0 bridgehead atoms. The van der Waals surface area contributed by atoms with Gasteiger partial charge in [0.05, 0.1) is 11.4 Å². The van der Waals surface area contributed by atoms with Crippen LogP contribution in [0.2, 0.25) is 0 Å². The smallest absolute Gasteiger partial charge is 0.276 e. The van der Waals surface area contributed by atoms with Crippen molar-refractivity contribution in [1.29, 1.82) is 0 Å². The van der Waals surface area contributed by atoms with Crippen LogP contribution in [0.3, 0.4) is 0 Å². The van der Waals surface area contributed by atoms with Crippen LogP contribution >= 0.6 is 0 Å². The van der Waals surface area contributed by atoms with E-state index in [-0.39, 0.29) is 5.91 Å². The Labute approximate surface area is 115 Å². The van der Waals surface area contributed by atoms with E-state index in [0.717, 1.165) is 0 Å². The SMILES string of the molecule is Cn1ccc(C(=O)Nc2cc3c(cc2N)OCCO3)n1. The van der Waals surface area contributed by atoms with Crippen molar-refractivity contribution in [2.75, 3.05) is 24.3 Å². The fraction of sp³-hybridized carbons (Fsp3) is 0.231. The molecule has 3 N–H and O–H groups in total. The predicted octanol–water partition coefficient (Wildman–Crippen LogP) is 1.03. The first kappa shape index (κ1) is 12.3. The van der Waals surface area contributed by atoms with E-state index in [0.29, 0.717) is 41.8 Å². The molecule has 2 aromatic rings. The number of amides is 1. The molecule has 1 amide bonds. The number of hydrogen-bond acceptors (Lipinski definition) is 5. The van der Waals surface area contributed by atoms with Crippen molar-refractivity contribution in [2.45, 2.75) is 0 Å². The number of nitrogens with two attached hydrogens (primary N) is 1. The molecule has 104 valence electrons. The number of hydrogen-bond donors (Lipinski definition) is 2. The molecule has 7 nitrogen and oxygen atoms in total. The number of fused-ring (bicyclic) bond motifs is 1. The van der Waals surface area contributed by atoms with Crippen molar-refractivity contribution in [1.82, 2.24) is 9.78 Å². The van der Waals surface area contributed by atoms with Crippen LogP contribution in [0, 0.1) is 0 Å². The van der Waals surface area contributed by atoms with Gasteiger partial charge in [-0.15, -0.1) is 0 Å². The summed E-state index contributed by atoms with van der Waals surface area (Å²) in [7, 11) is 1.75. The summed E-state index contributed by atoms with van der Waals surface area (Å²) in [5.74, 6) is 0.834. The molecule has 0 saturated carbocycles. The van der Waals surface area contributed by atoms with Gasteiger partial charge in [-0.2, -0.15) is 5.10 Å². The highest BCUT2D eigenvalue weighted by atomic mass is 16.6. The molecule has 2 heterocycles. The Balaban J connectivity index is 1.85. The van der Waals surface area contributed by atoms with Gasteiger partial charge in [0.1, 0.15) is 13.2 Å². The molecule has 0 fully saturated rings. The molecule has 0 radical (unpaired) electrons. The summed E-state index contributed by atoms with van der Waals surface area (Å²) in [6, 6.07) is 4.93. The minimum atomic E-state index is -0.325. The van der Waals surface area contributed by atoms with Crippen molar-refractivity contribution in [3.63, 3.8) is 0 Å². The number of anilines is 2. The second-order valence-corrected chi connectivity index (χ2v) is 4.41. The Morgan fingerprint density at radius 3 is 2.70 bits per heavy atom. The summed E-state index contributed by atoms with van der Waals surface area (Å²) in [5.41, 5.74) is 7.11. The molecule has 1 aliphatic heterocycles. The van der Waals surface area contributed by atoms with Crippen LogP contribution in [-0.2, 0) is 7.05 Å². The number of carbonyl (C=O) groups is 1. The fourth-order valence-electron chi connectivity index (χ4n) is 1.94. The number of aromatic nitrogens is 2. The van der Waals surface area contributed by atoms with Crippen LogP contribution in [0.25, 0.3) is 0 Å². The van der Waals surface area contributed by atoms with Crippen molar-refractivity contribution >= 4 is 17.3 Å². The minimum absolute atomic E-state index is 0.321. The van der Waals surface area contributed by atoms with Gasteiger partial charge < -0.3 is 20.5 Å². The maximum atomic E-state index is 12.0. The van der Waals surface area contributed by atoms with Gasteiger partial charge in [0.25, 0.3) is 5.91 Å². The zero-order valence-electron chi connectivity index (χ0n) is 10.9. The monoisotopic (exact) mass is 274 g/mol. The third-order valence-corrected chi connectivity index (χ3v) is 2.91. The summed E-state index contributed by atoms with van der Waals surface area (Å²) >= 11 is 0. The van der Waals surface area contributed by atoms with Crippen LogP contribution in [0.15, 0.2) is 24.4 Å². The van der Waals surface area contributed by atoms with Gasteiger partial charge >= 0.3 is 0 Å². The van der Waals surface area contributed by atoms with E-state index >= 15 is 0 Å². The third kappa shape index (κ3) is 2.25. The molecule has 0 saturated heterocycles. The minimum Gasteiger partial charge on any atom is -0.486 e. The Morgan fingerprint density at radius 1 is 1.35 bits per heavy atom. The number of benzene rings is 1. The van der Waals surface area contributed by atoms with E-state index in [2.05, 4.69) is 10.4 Å². The van der Waals surface area contributed by atoms with Gasteiger partial charge in [-0.3, -0.25) is 9.48 Å². The normalized spacial score (nSPS) is 13.1. The van der Waals surface area contributed by atoms with Gasteiger partial charge in [0, 0.05) is 25.4 Å². The van der Waals surface area contributed by atoms with E-state index < -0.39 is 0 Å². The van der Waals surface area contributed by atoms with Crippen LogP contribution in [0.4, 0.5) is 11.4 Å². The highest BCUT2D eigenvalue weighted by molar-refractivity contribution is 6.04. The summed E-state index contributed by atoms with van der Waals surface area (Å²) in [5, 5.41) is 6.75. The number of nitrogen functional groups attached to an aromatic ring is 1. The first-order valence-electron chi connectivity index (χ1n) is 6.13. The number of carbonyl (C=O) groups excluding carboxylic acids is 1.